The molecule has 1 atom stereocenters. The van der Waals surface area contributed by atoms with Crippen LogP contribution in [0.15, 0.2) is 36.4 Å². The summed E-state index contributed by atoms with van der Waals surface area (Å²) in [6, 6.07) is 11.5. The predicted molar refractivity (Wildman–Crippen MR) is 102 cm³/mol. The summed E-state index contributed by atoms with van der Waals surface area (Å²) in [7, 11) is -1.14. The van der Waals surface area contributed by atoms with Crippen molar-refractivity contribution in [2.75, 3.05) is 30.0 Å². The van der Waals surface area contributed by atoms with Gasteiger partial charge >= 0.3 is 0 Å². The van der Waals surface area contributed by atoms with Gasteiger partial charge in [-0.15, -0.1) is 10.2 Å². The van der Waals surface area contributed by atoms with Gasteiger partial charge in [0.05, 0.1) is 11.5 Å². The van der Waals surface area contributed by atoms with Crippen LogP contribution < -0.4 is 4.90 Å². The molecule has 1 amide bonds. The molecule has 0 aliphatic carbocycles. The second-order valence-corrected chi connectivity index (χ2v) is 9.42. The van der Waals surface area contributed by atoms with Crippen molar-refractivity contribution in [1.82, 2.24) is 15.1 Å². The lowest BCUT2D eigenvalue weighted by Crippen LogP contribution is -2.37. The fraction of sp³-hybridized carbons (Fsp3) is 0.421. The highest BCUT2D eigenvalue weighted by molar-refractivity contribution is 7.91. The SMILES string of the molecule is CN(c1ccc(C(=O)N2CCc3ccccc3C2)nn1)C1CCS(=O)(=O)C1. The lowest BCUT2D eigenvalue weighted by atomic mass is 10.00. The van der Waals surface area contributed by atoms with Crippen molar-refractivity contribution in [2.45, 2.75) is 25.4 Å². The number of carbonyl (C=O) groups excluding carboxylic acids is 1. The van der Waals surface area contributed by atoms with Crippen molar-refractivity contribution in [3.05, 3.63) is 53.2 Å². The third kappa shape index (κ3) is 3.66. The van der Waals surface area contributed by atoms with E-state index in [4.69, 9.17) is 0 Å². The molecule has 2 aliphatic heterocycles. The molecule has 27 heavy (non-hydrogen) atoms. The summed E-state index contributed by atoms with van der Waals surface area (Å²) in [6.45, 7) is 1.25. The zero-order chi connectivity index (χ0) is 19.0. The van der Waals surface area contributed by atoms with Gasteiger partial charge in [-0.05, 0) is 36.1 Å². The molecular formula is C19H22N4O3S. The summed E-state index contributed by atoms with van der Waals surface area (Å²) >= 11 is 0. The van der Waals surface area contributed by atoms with Gasteiger partial charge in [0.1, 0.15) is 0 Å². The van der Waals surface area contributed by atoms with Crippen molar-refractivity contribution in [3.63, 3.8) is 0 Å². The summed E-state index contributed by atoms with van der Waals surface area (Å²) in [5.41, 5.74) is 2.77. The molecule has 0 spiro atoms. The van der Waals surface area contributed by atoms with E-state index in [0.29, 0.717) is 31.0 Å². The summed E-state index contributed by atoms with van der Waals surface area (Å²) in [6.07, 6.45) is 1.43. The molecule has 4 rings (SSSR count). The molecule has 142 valence electrons. The zero-order valence-electron chi connectivity index (χ0n) is 15.2. The Hall–Kier alpha value is -2.48. The molecule has 7 nitrogen and oxygen atoms in total. The smallest absolute Gasteiger partial charge is 0.274 e. The first-order chi connectivity index (χ1) is 12.9. The first-order valence-electron chi connectivity index (χ1n) is 9.06. The van der Waals surface area contributed by atoms with Gasteiger partial charge in [-0.3, -0.25) is 4.79 Å². The highest BCUT2D eigenvalue weighted by Crippen LogP contribution is 2.22. The number of benzene rings is 1. The number of hydrogen-bond acceptors (Lipinski definition) is 6. The standard InChI is InChI=1S/C19H22N4O3S/c1-22(16-9-11-27(25,26)13-16)18-7-6-17(20-21-18)19(24)23-10-8-14-4-2-3-5-15(14)12-23/h2-7,16H,8-13H2,1H3. The molecule has 1 aromatic heterocycles. The van der Waals surface area contributed by atoms with Crippen LogP contribution >= 0.6 is 0 Å². The van der Waals surface area contributed by atoms with E-state index in [1.54, 1.807) is 17.0 Å². The molecule has 2 aromatic rings. The maximum atomic E-state index is 12.8. The van der Waals surface area contributed by atoms with Crippen molar-refractivity contribution < 1.29 is 13.2 Å². The molecule has 0 saturated carbocycles. The fourth-order valence-electron chi connectivity index (χ4n) is 3.73. The Labute approximate surface area is 158 Å². The van der Waals surface area contributed by atoms with E-state index in [1.807, 2.05) is 30.1 Å². The zero-order valence-corrected chi connectivity index (χ0v) is 16.0. The van der Waals surface area contributed by atoms with Gasteiger partial charge in [0.15, 0.2) is 21.3 Å². The molecule has 1 saturated heterocycles. The Kier molecular flexibility index (Phi) is 4.59. The van der Waals surface area contributed by atoms with Gasteiger partial charge in [-0.2, -0.15) is 0 Å². The third-order valence-electron chi connectivity index (χ3n) is 5.40. The van der Waals surface area contributed by atoms with Gasteiger partial charge in [-0.25, -0.2) is 8.42 Å². The molecule has 1 fully saturated rings. The maximum absolute atomic E-state index is 12.8. The van der Waals surface area contributed by atoms with Crippen LogP contribution in [0.3, 0.4) is 0 Å². The highest BCUT2D eigenvalue weighted by Gasteiger charge is 2.31. The van der Waals surface area contributed by atoms with Gasteiger partial charge in [-0.1, -0.05) is 24.3 Å². The number of amides is 1. The van der Waals surface area contributed by atoms with Gasteiger partial charge in [0, 0.05) is 26.2 Å². The second-order valence-electron chi connectivity index (χ2n) is 7.19. The highest BCUT2D eigenvalue weighted by atomic mass is 32.2. The van der Waals surface area contributed by atoms with Crippen LogP contribution in [-0.2, 0) is 22.8 Å². The molecule has 1 aromatic carbocycles. The summed E-state index contributed by atoms with van der Waals surface area (Å²) < 4.78 is 23.3. The first-order valence-corrected chi connectivity index (χ1v) is 10.9. The Morgan fingerprint density at radius 2 is 1.93 bits per heavy atom. The number of carbonyl (C=O) groups is 1. The monoisotopic (exact) mass is 386 g/mol. The van der Waals surface area contributed by atoms with Crippen molar-refractivity contribution in [1.29, 1.82) is 0 Å². The number of anilines is 1. The normalized spacial score (nSPS) is 20.9. The van der Waals surface area contributed by atoms with Crippen LogP contribution in [0, 0.1) is 0 Å². The van der Waals surface area contributed by atoms with E-state index in [9.17, 15) is 13.2 Å². The minimum Gasteiger partial charge on any atom is -0.354 e. The van der Waals surface area contributed by atoms with E-state index < -0.39 is 9.84 Å². The third-order valence-corrected chi connectivity index (χ3v) is 7.16. The Bertz CT molecular complexity index is 959. The Balaban J connectivity index is 1.45. The van der Waals surface area contributed by atoms with Crippen molar-refractivity contribution in [2.24, 2.45) is 0 Å². The van der Waals surface area contributed by atoms with Gasteiger partial charge < -0.3 is 9.80 Å². The lowest BCUT2D eigenvalue weighted by molar-refractivity contribution is 0.0727. The summed E-state index contributed by atoms with van der Waals surface area (Å²) in [5, 5.41) is 8.27. The minimum absolute atomic E-state index is 0.0931. The Morgan fingerprint density at radius 3 is 2.59 bits per heavy atom. The fourth-order valence-corrected chi connectivity index (χ4v) is 5.50. The van der Waals surface area contributed by atoms with Crippen LogP contribution in [0.25, 0.3) is 0 Å². The van der Waals surface area contributed by atoms with Crippen LogP contribution in [0.5, 0.6) is 0 Å². The second kappa shape index (κ2) is 6.92. The van der Waals surface area contributed by atoms with E-state index in [2.05, 4.69) is 16.3 Å². The van der Waals surface area contributed by atoms with E-state index in [1.165, 1.54) is 11.1 Å². The summed E-state index contributed by atoms with van der Waals surface area (Å²) in [4.78, 5) is 16.4. The number of fused-ring (bicyclic) bond motifs is 1. The van der Waals surface area contributed by atoms with E-state index >= 15 is 0 Å². The number of rotatable bonds is 3. The van der Waals surface area contributed by atoms with Crippen LogP contribution in [0.2, 0.25) is 0 Å². The minimum atomic E-state index is -2.96. The lowest BCUT2D eigenvalue weighted by Gasteiger charge is -2.28. The van der Waals surface area contributed by atoms with Crippen molar-refractivity contribution >= 4 is 21.6 Å². The Morgan fingerprint density at radius 1 is 1.15 bits per heavy atom. The quantitative estimate of drug-likeness (QED) is 0.791. The molecule has 0 bridgehead atoms. The average molecular weight is 386 g/mol. The maximum Gasteiger partial charge on any atom is 0.274 e. The average Bonchev–Trinajstić information content (AvgIpc) is 3.06. The number of sulfone groups is 1. The molecule has 3 heterocycles. The molecule has 0 N–H and O–H groups in total. The molecule has 2 aliphatic rings. The van der Waals surface area contributed by atoms with Crippen LogP contribution in [0.1, 0.15) is 28.0 Å². The van der Waals surface area contributed by atoms with Crippen LogP contribution in [-0.4, -0.2) is 60.6 Å². The molecule has 0 radical (unpaired) electrons. The number of nitrogens with zero attached hydrogens (tertiary/aromatic N) is 4. The first kappa shape index (κ1) is 17.9. The van der Waals surface area contributed by atoms with E-state index in [-0.39, 0.29) is 23.5 Å². The largest absolute Gasteiger partial charge is 0.354 e. The van der Waals surface area contributed by atoms with Gasteiger partial charge in [0.25, 0.3) is 5.91 Å². The topological polar surface area (TPSA) is 83.5 Å². The predicted octanol–water partition coefficient (Wildman–Crippen LogP) is 1.30. The molecular weight excluding hydrogens is 364 g/mol. The molecule has 1 unspecified atom stereocenters. The van der Waals surface area contributed by atoms with Crippen molar-refractivity contribution in [3.8, 4) is 0 Å². The van der Waals surface area contributed by atoms with Gasteiger partial charge in [0.2, 0.25) is 0 Å². The van der Waals surface area contributed by atoms with Crippen LogP contribution in [0.4, 0.5) is 5.82 Å². The molecule has 8 heteroatoms. The number of hydrogen-bond donors (Lipinski definition) is 0. The summed E-state index contributed by atoms with van der Waals surface area (Å²) in [5.74, 6) is 0.800. The number of aromatic nitrogens is 2. The van der Waals surface area contributed by atoms with E-state index in [0.717, 1.165) is 6.42 Å².